The Labute approximate surface area is 161 Å². The molecule has 0 radical (unpaired) electrons. The van der Waals surface area contributed by atoms with Crippen LogP contribution in [0.1, 0.15) is 25.6 Å². The molecule has 0 spiro atoms. The number of carbonyl (C=O) groups excluding carboxylic acids is 1. The number of hydrogen-bond acceptors (Lipinski definition) is 6. The Morgan fingerprint density at radius 1 is 1.15 bits per heavy atom. The summed E-state index contributed by atoms with van der Waals surface area (Å²) in [6.07, 6.45) is 1.77. The van der Waals surface area contributed by atoms with Gasteiger partial charge in [0.2, 0.25) is 0 Å². The molecule has 0 aromatic carbocycles. The number of nitriles is 1. The summed E-state index contributed by atoms with van der Waals surface area (Å²) < 4.78 is 0. The van der Waals surface area contributed by atoms with Gasteiger partial charge in [0.15, 0.2) is 5.71 Å². The molecule has 3 heterocycles. The molecule has 0 aliphatic carbocycles. The van der Waals surface area contributed by atoms with Gasteiger partial charge in [0.25, 0.3) is 5.91 Å². The Hall–Kier alpha value is -2.43. The summed E-state index contributed by atoms with van der Waals surface area (Å²) in [7, 11) is 4.05. The third-order valence-electron chi connectivity index (χ3n) is 3.81. The van der Waals surface area contributed by atoms with E-state index in [2.05, 4.69) is 22.1 Å². The summed E-state index contributed by atoms with van der Waals surface area (Å²) in [6, 6.07) is 10.3. The van der Waals surface area contributed by atoms with Gasteiger partial charge in [-0.25, -0.2) is 5.01 Å². The van der Waals surface area contributed by atoms with Crippen molar-refractivity contribution in [3.63, 3.8) is 0 Å². The van der Waals surface area contributed by atoms with E-state index in [1.807, 2.05) is 53.1 Å². The molecule has 0 bridgehead atoms. The molecule has 1 aliphatic rings. The molecular formula is C19H20N4OS2. The van der Waals surface area contributed by atoms with Gasteiger partial charge in [0.05, 0.1) is 16.1 Å². The van der Waals surface area contributed by atoms with Gasteiger partial charge in [-0.2, -0.15) is 10.4 Å². The Balaban J connectivity index is 1.91. The number of thiophene rings is 2. The number of carbonyl (C=O) groups is 1. The van der Waals surface area contributed by atoms with Crippen molar-refractivity contribution in [3.8, 4) is 15.8 Å². The Morgan fingerprint density at radius 3 is 2.38 bits per heavy atom. The van der Waals surface area contributed by atoms with Crippen LogP contribution in [-0.4, -0.2) is 36.3 Å². The first-order chi connectivity index (χ1) is 12.2. The Bertz CT molecular complexity index is 951. The molecule has 0 atom stereocenters. The van der Waals surface area contributed by atoms with Crippen molar-refractivity contribution in [2.75, 3.05) is 19.0 Å². The molecule has 134 valence electrons. The summed E-state index contributed by atoms with van der Waals surface area (Å²) in [4.78, 5) is 18.0. The maximum atomic E-state index is 12.7. The highest BCUT2D eigenvalue weighted by molar-refractivity contribution is 7.24. The van der Waals surface area contributed by atoms with Crippen LogP contribution in [0.3, 0.4) is 0 Å². The van der Waals surface area contributed by atoms with Crippen LogP contribution in [0, 0.1) is 11.3 Å². The van der Waals surface area contributed by atoms with Gasteiger partial charge in [-0.05, 0) is 51.1 Å². The lowest BCUT2D eigenvalue weighted by molar-refractivity contribution is -0.129. The first-order valence-electron chi connectivity index (χ1n) is 8.13. The van der Waals surface area contributed by atoms with Crippen molar-refractivity contribution in [1.29, 1.82) is 5.26 Å². The van der Waals surface area contributed by atoms with Gasteiger partial charge in [0.1, 0.15) is 6.07 Å². The Morgan fingerprint density at radius 2 is 1.81 bits per heavy atom. The van der Waals surface area contributed by atoms with Gasteiger partial charge < -0.3 is 4.90 Å². The molecule has 0 saturated heterocycles. The molecule has 26 heavy (non-hydrogen) atoms. The minimum absolute atomic E-state index is 0.172. The highest BCUT2D eigenvalue weighted by Crippen LogP contribution is 2.37. The average Bonchev–Trinajstić information content (AvgIpc) is 3.26. The van der Waals surface area contributed by atoms with Crippen molar-refractivity contribution in [2.24, 2.45) is 5.10 Å². The topological polar surface area (TPSA) is 59.7 Å². The molecule has 0 N–H and O–H groups in total. The number of nitrogens with zero attached hydrogens (tertiary/aromatic N) is 4. The van der Waals surface area contributed by atoms with Crippen LogP contribution in [0.5, 0.6) is 0 Å². The fraction of sp³-hybridized carbons (Fsp3) is 0.316. The smallest absolute Gasteiger partial charge is 0.277 e. The molecular weight excluding hydrogens is 364 g/mol. The van der Waals surface area contributed by atoms with Crippen molar-refractivity contribution >= 4 is 45.4 Å². The second-order valence-corrected chi connectivity index (χ2v) is 9.32. The predicted molar refractivity (Wildman–Crippen MR) is 110 cm³/mol. The number of rotatable bonds is 3. The molecule has 2 aromatic heterocycles. The molecule has 2 aromatic rings. The standard InChI is InChI=1S/C19H20N4OS2/c1-19(2,3)23-18(24)13(14(11-20)21-23)10-12-6-7-15(25-12)16-8-9-17(26-16)22(4)5/h6-10H,1-5H3. The monoisotopic (exact) mass is 384 g/mol. The normalized spacial score (nSPS) is 16.2. The highest BCUT2D eigenvalue weighted by atomic mass is 32.1. The molecule has 3 rings (SSSR count). The zero-order chi connectivity index (χ0) is 19.1. The van der Waals surface area contributed by atoms with Crippen molar-refractivity contribution in [3.05, 3.63) is 34.7 Å². The van der Waals surface area contributed by atoms with Gasteiger partial charge in [0, 0.05) is 28.7 Å². The van der Waals surface area contributed by atoms with Crippen LogP contribution in [0.4, 0.5) is 5.00 Å². The van der Waals surface area contributed by atoms with Gasteiger partial charge in [-0.15, -0.1) is 22.7 Å². The fourth-order valence-corrected chi connectivity index (χ4v) is 4.46. The largest absolute Gasteiger partial charge is 0.370 e. The Kier molecular flexibility index (Phi) is 4.74. The SMILES string of the molecule is CN(C)c1ccc(-c2ccc(C=C3C(=O)N(C(C)(C)C)N=C3C#N)s2)s1. The minimum atomic E-state index is -0.463. The third-order valence-corrected chi connectivity index (χ3v) is 6.29. The van der Waals surface area contributed by atoms with E-state index >= 15 is 0 Å². The minimum Gasteiger partial charge on any atom is -0.370 e. The quantitative estimate of drug-likeness (QED) is 0.735. The van der Waals surface area contributed by atoms with E-state index in [9.17, 15) is 10.1 Å². The number of hydrogen-bond donors (Lipinski definition) is 0. The lowest BCUT2D eigenvalue weighted by Gasteiger charge is -2.27. The first-order valence-corrected chi connectivity index (χ1v) is 9.76. The van der Waals surface area contributed by atoms with Gasteiger partial charge in [-0.1, -0.05) is 0 Å². The van der Waals surface area contributed by atoms with E-state index < -0.39 is 5.54 Å². The van der Waals surface area contributed by atoms with Crippen molar-refractivity contribution in [1.82, 2.24) is 5.01 Å². The van der Waals surface area contributed by atoms with Crippen LogP contribution in [0.2, 0.25) is 0 Å². The van der Waals surface area contributed by atoms with Crippen molar-refractivity contribution in [2.45, 2.75) is 26.3 Å². The molecule has 0 fully saturated rings. The number of amides is 1. The second-order valence-electron chi connectivity index (χ2n) is 7.14. The summed E-state index contributed by atoms with van der Waals surface area (Å²) in [5, 5.41) is 16.1. The van der Waals surface area contributed by atoms with Crippen LogP contribution in [-0.2, 0) is 4.79 Å². The molecule has 0 saturated carbocycles. The van der Waals surface area contributed by atoms with Crippen LogP contribution < -0.4 is 4.90 Å². The number of anilines is 1. The van der Waals surface area contributed by atoms with E-state index in [1.54, 1.807) is 28.7 Å². The van der Waals surface area contributed by atoms with E-state index in [0.717, 1.165) is 9.75 Å². The van der Waals surface area contributed by atoms with E-state index in [1.165, 1.54) is 14.9 Å². The summed E-state index contributed by atoms with van der Waals surface area (Å²) in [5.74, 6) is -0.227. The summed E-state index contributed by atoms with van der Waals surface area (Å²) in [6.45, 7) is 5.69. The lowest BCUT2D eigenvalue weighted by atomic mass is 10.1. The summed E-state index contributed by atoms with van der Waals surface area (Å²) in [5.41, 5.74) is 0.0662. The van der Waals surface area contributed by atoms with Crippen molar-refractivity contribution < 1.29 is 4.79 Å². The van der Waals surface area contributed by atoms with Crippen LogP contribution in [0.15, 0.2) is 34.9 Å². The van der Waals surface area contributed by atoms with E-state index in [4.69, 9.17) is 0 Å². The zero-order valence-electron chi connectivity index (χ0n) is 15.4. The number of hydrazone groups is 1. The van der Waals surface area contributed by atoms with Crippen LogP contribution in [0.25, 0.3) is 15.8 Å². The lowest BCUT2D eigenvalue weighted by Crippen LogP contribution is -2.39. The van der Waals surface area contributed by atoms with Crippen LogP contribution >= 0.6 is 22.7 Å². The second kappa shape index (κ2) is 6.71. The molecule has 5 nitrogen and oxygen atoms in total. The zero-order valence-corrected chi connectivity index (χ0v) is 17.0. The maximum Gasteiger partial charge on any atom is 0.277 e. The van der Waals surface area contributed by atoms with E-state index in [0.29, 0.717) is 5.57 Å². The molecule has 0 unspecified atom stereocenters. The first kappa shape index (κ1) is 18.4. The fourth-order valence-electron chi connectivity index (χ4n) is 2.49. The predicted octanol–water partition coefficient (Wildman–Crippen LogP) is 4.45. The summed E-state index contributed by atoms with van der Waals surface area (Å²) >= 11 is 3.33. The van der Waals surface area contributed by atoms with Gasteiger partial charge >= 0.3 is 0 Å². The molecule has 1 aliphatic heterocycles. The molecule has 7 heteroatoms. The maximum absolute atomic E-state index is 12.7. The van der Waals surface area contributed by atoms with Gasteiger partial charge in [-0.3, -0.25) is 4.79 Å². The van der Waals surface area contributed by atoms with E-state index in [-0.39, 0.29) is 11.6 Å². The highest BCUT2D eigenvalue weighted by Gasteiger charge is 2.36. The molecule has 1 amide bonds. The average molecular weight is 385 g/mol. The third kappa shape index (κ3) is 3.43.